The van der Waals surface area contributed by atoms with Gasteiger partial charge < -0.3 is 4.74 Å². The monoisotopic (exact) mass is 244 g/mol. The highest BCUT2D eigenvalue weighted by molar-refractivity contribution is 7.99. The summed E-state index contributed by atoms with van der Waals surface area (Å²) in [5.74, 6) is 0.575. The van der Waals surface area contributed by atoms with Crippen molar-refractivity contribution in [3.05, 3.63) is 29.3 Å². The van der Waals surface area contributed by atoms with Crippen LogP contribution in [0.3, 0.4) is 0 Å². The van der Waals surface area contributed by atoms with Gasteiger partial charge in [-0.15, -0.1) is 11.8 Å². The van der Waals surface area contributed by atoms with Gasteiger partial charge in [-0.05, 0) is 25.1 Å². The van der Waals surface area contributed by atoms with Crippen molar-refractivity contribution in [1.82, 2.24) is 0 Å². The molecule has 0 spiro atoms. The van der Waals surface area contributed by atoms with Gasteiger partial charge in [0.05, 0.1) is 13.0 Å². The molecule has 1 aromatic rings. The van der Waals surface area contributed by atoms with Gasteiger partial charge in [0.1, 0.15) is 0 Å². The van der Waals surface area contributed by atoms with E-state index in [1.165, 1.54) is 0 Å². The summed E-state index contributed by atoms with van der Waals surface area (Å²) in [7, 11) is 0. The molecular weight excluding hydrogens is 232 g/mol. The Bertz CT molecular complexity index is 328. The largest absolute Gasteiger partial charge is 0.466 e. The van der Waals surface area contributed by atoms with E-state index in [-0.39, 0.29) is 5.97 Å². The smallest absolute Gasteiger partial charge is 0.306 e. The molecule has 0 amide bonds. The van der Waals surface area contributed by atoms with E-state index in [0.29, 0.717) is 13.0 Å². The van der Waals surface area contributed by atoms with E-state index in [0.717, 1.165) is 15.7 Å². The summed E-state index contributed by atoms with van der Waals surface area (Å²) in [4.78, 5) is 12.1. The summed E-state index contributed by atoms with van der Waals surface area (Å²) < 4.78 is 4.83. The molecule has 0 radical (unpaired) electrons. The number of benzene rings is 1. The number of hydrogen-bond donors (Lipinski definition) is 0. The zero-order valence-corrected chi connectivity index (χ0v) is 10.1. The number of esters is 1. The van der Waals surface area contributed by atoms with Crippen molar-refractivity contribution in [2.75, 3.05) is 12.4 Å². The number of rotatable bonds is 5. The Morgan fingerprint density at radius 2 is 2.33 bits per heavy atom. The SMILES string of the molecule is CCOC(=O)CCSc1cccc(Cl)c1. The number of ether oxygens (including phenoxy) is 1. The van der Waals surface area contributed by atoms with Crippen molar-refractivity contribution in [2.24, 2.45) is 0 Å². The minimum Gasteiger partial charge on any atom is -0.466 e. The van der Waals surface area contributed by atoms with Crippen molar-refractivity contribution in [3.8, 4) is 0 Å². The zero-order chi connectivity index (χ0) is 11.1. The number of halogens is 1. The molecule has 0 saturated carbocycles. The van der Waals surface area contributed by atoms with Crippen LogP contribution in [0.25, 0.3) is 0 Å². The number of thioether (sulfide) groups is 1. The van der Waals surface area contributed by atoms with Crippen molar-refractivity contribution >= 4 is 29.3 Å². The molecule has 0 unspecified atom stereocenters. The third-order valence-electron chi connectivity index (χ3n) is 1.68. The van der Waals surface area contributed by atoms with Crippen LogP contribution in [-0.2, 0) is 9.53 Å². The maximum atomic E-state index is 11.0. The molecule has 0 fully saturated rings. The third kappa shape index (κ3) is 5.09. The Hall–Kier alpha value is -0.670. The lowest BCUT2D eigenvalue weighted by molar-refractivity contribution is -0.142. The highest BCUT2D eigenvalue weighted by Crippen LogP contribution is 2.22. The summed E-state index contributed by atoms with van der Waals surface area (Å²) in [5.41, 5.74) is 0. The van der Waals surface area contributed by atoms with E-state index in [9.17, 15) is 4.79 Å². The van der Waals surface area contributed by atoms with E-state index in [4.69, 9.17) is 16.3 Å². The lowest BCUT2D eigenvalue weighted by Crippen LogP contribution is -2.04. The first-order valence-electron chi connectivity index (χ1n) is 4.76. The highest BCUT2D eigenvalue weighted by atomic mass is 35.5. The maximum absolute atomic E-state index is 11.0. The molecule has 1 rings (SSSR count). The Morgan fingerprint density at radius 1 is 1.53 bits per heavy atom. The minimum atomic E-state index is -0.146. The average molecular weight is 245 g/mol. The molecule has 0 bridgehead atoms. The second-order valence-electron chi connectivity index (χ2n) is 2.86. The molecule has 0 aliphatic heterocycles. The van der Waals surface area contributed by atoms with E-state index >= 15 is 0 Å². The number of carbonyl (C=O) groups is 1. The van der Waals surface area contributed by atoms with Crippen LogP contribution < -0.4 is 0 Å². The van der Waals surface area contributed by atoms with Gasteiger partial charge in [-0.3, -0.25) is 4.79 Å². The summed E-state index contributed by atoms with van der Waals surface area (Å²) in [6.45, 7) is 2.25. The predicted molar refractivity (Wildman–Crippen MR) is 63.4 cm³/mol. The van der Waals surface area contributed by atoms with Crippen LogP contribution >= 0.6 is 23.4 Å². The molecule has 0 atom stereocenters. The minimum absolute atomic E-state index is 0.146. The molecule has 0 aliphatic rings. The quantitative estimate of drug-likeness (QED) is 0.587. The lowest BCUT2D eigenvalue weighted by atomic mass is 10.4. The molecule has 82 valence electrons. The van der Waals surface area contributed by atoms with Crippen LogP contribution in [0.5, 0.6) is 0 Å². The van der Waals surface area contributed by atoms with Crippen LogP contribution in [0.15, 0.2) is 29.2 Å². The van der Waals surface area contributed by atoms with Crippen molar-refractivity contribution in [2.45, 2.75) is 18.2 Å². The molecule has 4 heteroatoms. The molecule has 0 heterocycles. The van der Waals surface area contributed by atoms with Crippen LogP contribution in [0.2, 0.25) is 5.02 Å². The van der Waals surface area contributed by atoms with Crippen LogP contribution in [0.1, 0.15) is 13.3 Å². The van der Waals surface area contributed by atoms with Gasteiger partial charge in [0.15, 0.2) is 0 Å². The Kier molecular flexibility index (Phi) is 5.58. The Labute approximate surface area is 99.0 Å². The van der Waals surface area contributed by atoms with Crippen LogP contribution in [-0.4, -0.2) is 18.3 Å². The topological polar surface area (TPSA) is 26.3 Å². The first-order chi connectivity index (χ1) is 7.22. The van der Waals surface area contributed by atoms with Crippen molar-refractivity contribution < 1.29 is 9.53 Å². The molecule has 0 aromatic heterocycles. The van der Waals surface area contributed by atoms with E-state index < -0.39 is 0 Å². The Morgan fingerprint density at radius 3 is 3.00 bits per heavy atom. The second kappa shape index (κ2) is 6.75. The number of hydrogen-bond acceptors (Lipinski definition) is 3. The molecule has 1 aromatic carbocycles. The van der Waals surface area contributed by atoms with E-state index in [2.05, 4.69) is 0 Å². The molecule has 0 N–H and O–H groups in total. The summed E-state index contributed by atoms with van der Waals surface area (Å²) in [6, 6.07) is 7.59. The zero-order valence-electron chi connectivity index (χ0n) is 8.53. The normalized spacial score (nSPS) is 10.0. The fourth-order valence-electron chi connectivity index (χ4n) is 1.04. The van der Waals surface area contributed by atoms with Crippen molar-refractivity contribution in [1.29, 1.82) is 0 Å². The molecular formula is C11H13ClO2S. The predicted octanol–water partition coefficient (Wildman–Crippen LogP) is 3.39. The van der Waals surface area contributed by atoms with E-state index in [1.54, 1.807) is 11.8 Å². The average Bonchev–Trinajstić information content (AvgIpc) is 2.18. The maximum Gasteiger partial charge on any atom is 0.306 e. The standard InChI is InChI=1S/C11H13ClO2S/c1-2-14-11(13)6-7-15-10-5-3-4-9(12)8-10/h3-5,8H,2,6-7H2,1H3. The van der Waals surface area contributed by atoms with Gasteiger partial charge in [0, 0.05) is 15.7 Å². The van der Waals surface area contributed by atoms with Gasteiger partial charge >= 0.3 is 5.97 Å². The van der Waals surface area contributed by atoms with Gasteiger partial charge in [-0.2, -0.15) is 0 Å². The molecule has 2 nitrogen and oxygen atoms in total. The van der Waals surface area contributed by atoms with Gasteiger partial charge in [0.25, 0.3) is 0 Å². The first kappa shape index (κ1) is 12.4. The molecule has 0 saturated heterocycles. The van der Waals surface area contributed by atoms with Crippen LogP contribution in [0.4, 0.5) is 0 Å². The van der Waals surface area contributed by atoms with E-state index in [1.807, 2.05) is 31.2 Å². The molecule has 15 heavy (non-hydrogen) atoms. The third-order valence-corrected chi connectivity index (χ3v) is 2.91. The van der Waals surface area contributed by atoms with Crippen molar-refractivity contribution in [3.63, 3.8) is 0 Å². The Balaban J connectivity index is 2.28. The summed E-state index contributed by atoms with van der Waals surface area (Å²) >= 11 is 7.43. The summed E-state index contributed by atoms with van der Waals surface area (Å²) in [5, 5.41) is 0.719. The lowest BCUT2D eigenvalue weighted by Gasteiger charge is -2.02. The van der Waals surface area contributed by atoms with Gasteiger partial charge in [-0.1, -0.05) is 17.7 Å². The highest BCUT2D eigenvalue weighted by Gasteiger charge is 2.02. The second-order valence-corrected chi connectivity index (χ2v) is 4.47. The van der Waals surface area contributed by atoms with Crippen LogP contribution in [0, 0.1) is 0 Å². The fraction of sp³-hybridized carbons (Fsp3) is 0.364. The fourth-order valence-corrected chi connectivity index (χ4v) is 2.19. The van der Waals surface area contributed by atoms with Gasteiger partial charge in [-0.25, -0.2) is 0 Å². The number of carbonyl (C=O) groups excluding carboxylic acids is 1. The molecule has 0 aliphatic carbocycles. The summed E-state index contributed by atoms with van der Waals surface area (Å²) in [6.07, 6.45) is 0.436. The van der Waals surface area contributed by atoms with Gasteiger partial charge in [0.2, 0.25) is 0 Å². The first-order valence-corrected chi connectivity index (χ1v) is 6.12.